The van der Waals surface area contributed by atoms with Crippen molar-refractivity contribution in [2.75, 3.05) is 5.75 Å². The molecule has 0 amide bonds. The number of hydrogen-bond acceptors (Lipinski definition) is 3. The fourth-order valence-corrected chi connectivity index (χ4v) is 2.28. The van der Waals surface area contributed by atoms with E-state index in [1.165, 1.54) is 18.4 Å². The quantitative estimate of drug-likeness (QED) is 0.779. The molecule has 80 valence electrons. The lowest BCUT2D eigenvalue weighted by molar-refractivity contribution is -0.136. The average Bonchev–Trinajstić information content (AvgIpc) is 3.01. The van der Waals surface area contributed by atoms with Gasteiger partial charge < -0.3 is 5.11 Å². The minimum Gasteiger partial charge on any atom is -0.481 e. The molecule has 1 fully saturated rings. The smallest absolute Gasteiger partial charge is 0.304 e. The number of pyridine rings is 1. The van der Waals surface area contributed by atoms with Crippen LogP contribution in [0.15, 0.2) is 23.4 Å². The van der Waals surface area contributed by atoms with E-state index in [1.807, 2.05) is 6.20 Å². The highest BCUT2D eigenvalue weighted by Crippen LogP contribution is 2.40. The molecule has 0 saturated heterocycles. The van der Waals surface area contributed by atoms with Crippen molar-refractivity contribution in [3.05, 3.63) is 24.0 Å². The Bertz CT molecular complexity index is 363. The van der Waals surface area contributed by atoms with E-state index in [4.69, 9.17) is 5.11 Å². The molecule has 0 aromatic carbocycles. The topological polar surface area (TPSA) is 50.2 Å². The molecule has 1 heterocycles. The Morgan fingerprint density at radius 2 is 2.33 bits per heavy atom. The monoisotopic (exact) mass is 223 g/mol. The molecule has 0 bridgehead atoms. The molecule has 15 heavy (non-hydrogen) atoms. The lowest BCUT2D eigenvalue weighted by Gasteiger charge is -2.02. The molecule has 1 aliphatic carbocycles. The molecule has 1 aliphatic rings. The molecule has 2 rings (SSSR count). The lowest BCUT2D eigenvalue weighted by Crippen LogP contribution is -1.95. The Labute approximate surface area is 92.9 Å². The van der Waals surface area contributed by atoms with Crippen LogP contribution in [0.3, 0.4) is 0 Å². The van der Waals surface area contributed by atoms with Crippen molar-refractivity contribution in [2.45, 2.75) is 30.1 Å². The molecular formula is C11H13NO2S. The number of nitrogens with zero attached hydrogens (tertiary/aromatic N) is 1. The third-order valence-electron chi connectivity index (χ3n) is 2.37. The van der Waals surface area contributed by atoms with Gasteiger partial charge in [-0.2, -0.15) is 0 Å². The Morgan fingerprint density at radius 3 is 3.00 bits per heavy atom. The summed E-state index contributed by atoms with van der Waals surface area (Å²) in [7, 11) is 0. The summed E-state index contributed by atoms with van der Waals surface area (Å²) in [6.07, 6.45) is 6.46. The number of aromatic nitrogens is 1. The van der Waals surface area contributed by atoms with Crippen molar-refractivity contribution in [3.63, 3.8) is 0 Å². The van der Waals surface area contributed by atoms with E-state index in [1.54, 1.807) is 18.0 Å². The Balaban J connectivity index is 1.90. The van der Waals surface area contributed by atoms with Gasteiger partial charge in [0.05, 0.1) is 6.42 Å². The number of carboxylic acids is 1. The highest BCUT2D eigenvalue weighted by molar-refractivity contribution is 7.99. The van der Waals surface area contributed by atoms with Crippen LogP contribution in [0.5, 0.6) is 0 Å². The Kier molecular flexibility index (Phi) is 3.26. The second kappa shape index (κ2) is 4.66. The summed E-state index contributed by atoms with van der Waals surface area (Å²) in [6.45, 7) is 0. The molecule has 3 nitrogen and oxygen atoms in total. The zero-order valence-corrected chi connectivity index (χ0v) is 9.17. The predicted octanol–water partition coefficient (Wildman–Crippen LogP) is 2.53. The van der Waals surface area contributed by atoms with Gasteiger partial charge in [-0.3, -0.25) is 9.78 Å². The van der Waals surface area contributed by atoms with Crippen molar-refractivity contribution in [3.8, 4) is 0 Å². The fourth-order valence-electron chi connectivity index (χ4n) is 1.41. The molecule has 0 radical (unpaired) electrons. The zero-order chi connectivity index (χ0) is 10.7. The Morgan fingerprint density at radius 1 is 1.53 bits per heavy atom. The lowest BCUT2D eigenvalue weighted by atomic mass is 10.2. The van der Waals surface area contributed by atoms with Gasteiger partial charge in [0.2, 0.25) is 0 Å². The van der Waals surface area contributed by atoms with Gasteiger partial charge in [0.15, 0.2) is 0 Å². The number of carboxylic acid groups (broad SMARTS) is 1. The molecule has 0 atom stereocenters. The maximum atomic E-state index is 10.3. The summed E-state index contributed by atoms with van der Waals surface area (Å²) in [4.78, 5) is 15.6. The van der Waals surface area contributed by atoms with Gasteiger partial charge in [0, 0.05) is 23.0 Å². The van der Waals surface area contributed by atoms with Crippen LogP contribution in [0, 0.1) is 0 Å². The first kappa shape index (κ1) is 10.5. The van der Waals surface area contributed by atoms with Gasteiger partial charge >= 0.3 is 5.97 Å². The first-order chi connectivity index (χ1) is 7.25. The second-order valence-electron chi connectivity index (χ2n) is 3.72. The van der Waals surface area contributed by atoms with Gasteiger partial charge in [-0.05, 0) is 30.4 Å². The standard InChI is InChI=1S/C11H13NO2S/c13-11(14)3-4-15-10-5-9(6-12-7-10)8-1-2-8/h5-8H,1-4H2,(H,13,14). The molecule has 1 aromatic rings. The molecule has 4 heteroatoms. The van der Waals surface area contributed by atoms with Gasteiger partial charge in [0.25, 0.3) is 0 Å². The third kappa shape index (κ3) is 3.23. The van der Waals surface area contributed by atoms with E-state index in [0.29, 0.717) is 11.7 Å². The highest BCUT2D eigenvalue weighted by Gasteiger charge is 2.23. The maximum Gasteiger partial charge on any atom is 0.304 e. The predicted molar refractivity (Wildman–Crippen MR) is 59.2 cm³/mol. The third-order valence-corrected chi connectivity index (χ3v) is 3.33. The Hall–Kier alpha value is -1.03. The van der Waals surface area contributed by atoms with Crippen molar-refractivity contribution >= 4 is 17.7 Å². The molecule has 0 unspecified atom stereocenters. The molecule has 1 aromatic heterocycles. The van der Waals surface area contributed by atoms with E-state index in [9.17, 15) is 4.79 Å². The number of carbonyl (C=O) groups is 1. The minimum atomic E-state index is -0.742. The number of hydrogen-bond donors (Lipinski definition) is 1. The van der Waals surface area contributed by atoms with Crippen LogP contribution in [0.2, 0.25) is 0 Å². The average molecular weight is 223 g/mol. The van der Waals surface area contributed by atoms with Crippen molar-refractivity contribution in [1.82, 2.24) is 4.98 Å². The van der Waals surface area contributed by atoms with E-state index < -0.39 is 5.97 Å². The van der Waals surface area contributed by atoms with Crippen molar-refractivity contribution in [1.29, 1.82) is 0 Å². The summed E-state index contributed by atoms with van der Waals surface area (Å²) >= 11 is 1.56. The fraction of sp³-hybridized carbons (Fsp3) is 0.455. The van der Waals surface area contributed by atoms with Gasteiger partial charge in [-0.25, -0.2) is 0 Å². The van der Waals surface area contributed by atoms with Crippen LogP contribution in [0.1, 0.15) is 30.7 Å². The summed E-state index contributed by atoms with van der Waals surface area (Å²) < 4.78 is 0. The number of aliphatic carboxylic acids is 1. The van der Waals surface area contributed by atoms with Crippen LogP contribution in [-0.4, -0.2) is 21.8 Å². The van der Waals surface area contributed by atoms with Gasteiger partial charge in [-0.15, -0.1) is 11.8 Å². The SMILES string of the molecule is O=C(O)CCSc1cncc(C2CC2)c1. The molecule has 0 aliphatic heterocycles. The zero-order valence-electron chi connectivity index (χ0n) is 8.35. The first-order valence-electron chi connectivity index (χ1n) is 5.05. The van der Waals surface area contributed by atoms with Crippen LogP contribution in [0.4, 0.5) is 0 Å². The highest BCUT2D eigenvalue weighted by atomic mass is 32.2. The molecule has 0 spiro atoms. The normalized spacial score (nSPS) is 15.2. The van der Waals surface area contributed by atoms with E-state index >= 15 is 0 Å². The molecule has 1 N–H and O–H groups in total. The van der Waals surface area contributed by atoms with Gasteiger partial charge in [0.1, 0.15) is 0 Å². The van der Waals surface area contributed by atoms with Crippen molar-refractivity contribution < 1.29 is 9.90 Å². The summed E-state index contributed by atoms with van der Waals surface area (Å²) in [5.74, 6) is 0.580. The van der Waals surface area contributed by atoms with Crippen LogP contribution in [-0.2, 0) is 4.79 Å². The second-order valence-corrected chi connectivity index (χ2v) is 4.89. The maximum absolute atomic E-state index is 10.3. The van der Waals surface area contributed by atoms with E-state index in [2.05, 4.69) is 11.1 Å². The van der Waals surface area contributed by atoms with Crippen LogP contribution >= 0.6 is 11.8 Å². The largest absolute Gasteiger partial charge is 0.481 e. The summed E-state index contributed by atoms with van der Waals surface area (Å²) in [5.41, 5.74) is 1.30. The summed E-state index contributed by atoms with van der Waals surface area (Å²) in [5, 5.41) is 8.52. The molecular weight excluding hydrogens is 210 g/mol. The minimum absolute atomic E-state index is 0.207. The van der Waals surface area contributed by atoms with Crippen LogP contribution in [0.25, 0.3) is 0 Å². The van der Waals surface area contributed by atoms with Gasteiger partial charge in [-0.1, -0.05) is 0 Å². The number of thioether (sulfide) groups is 1. The van der Waals surface area contributed by atoms with E-state index in [0.717, 1.165) is 4.90 Å². The molecule has 1 saturated carbocycles. The van der Waals surface area contributed by atoms with Crippen molar-refractivity contribution in [2.24, 2.45) is 0 Å². The van der Waals surface area contributed by atoms with E-state index in [-0.39, 0.29) is 6.42 Å². The summed E-state index contributed by atoms with van der Waals surface area (Å²) in [6, 6.07) is 2.14. The number of rotatable bonds is 5. The first-order valence-corrected chi connectivity index (χ1v) is 6.04. The van der Waals surface area contributed by atoms with Crippen LogP contribution < -0.4 is 0 Å².